The van der Waals surface area contributed by atoms with Crippen LogP contribution in [0, 0.1) is 0 Å². The molecule has 1 aliphatic rings. The van der Waals surface area contributed by atoms with E-state index in [9.17, 15) is 4.79 Å². The number of hydrogen-bond acceptors (Lipinski definition) is 4. The van der Waals surface area contributed by atoms with Gasteiger partial charge in [0.15, 0.2) is 5.43 Å². The van der Waals surface area contributed by atoms with Crippen LogP contribution in [0.15, 0.2) is 51.0 Å². The fourth-order valence-electron chi connectivity index (χ4n) is 3.07. The Bertz CT molecular complexity index is 845. The number of benzene rings is 1. The molecule has 3 aromatic rings. The van der Waals surface area contributed by atoms with Crippen molar-refractivity contribution in [2.24, 2.45) is 0 Å². The first-order chi connectivity index (χ1) is 10.8. The van der Waals surface area contributed by atoms with Crippen LogP contribution in [-0.2, 0) is 0 Å². The van der Waals surface area contributed by atoms with E-state index in [1.807, 2.05) is 29.6 Å². The summed E-state index contributed by atoms with van der Waals surface area (Å²) in [6.45, 7) is 1.05. The maximum atomic E-state index is 12.5. The Kier molecular flexibility index (Phi) is 3.56. The zero-order chi connectivity index (χ0) is 14.9. The van der Waals surface area contributed by atoms with Crippen LogP contribution >= 0.6 is 11.3 Å². The summed E-state index contributed by atoms with van der Waals surface area (Å²) in [7, 11) is 0. The lowest BCUT2D eigenvalue weighted by molar-refractivity contribution is 0.412. The first-order valence-electron chi connectivity index (χ1n) is 7.66. The van der Waals surface area contributed by atoms with Gasteiger partial charge in [0.2, 0.25) is 0 Å². The molecule has 1 N–H and O–H groups in total. The van der Waals surface area contributed by atoms with Gasteiger partial charge in [-0.15, -0.1) is 11.3 Å². The number of nitrogens with one attached hydrogen (secondary N) is 1. The van der Waals surface area contributed by atoms with E-state index in [1.165, 1.54) is 18.4 Å². The van der Waals surface area contributed by atoms with E-state index < -0.39 is 0 Å². The predicted octanol–water partition coefficient (Wildman–Crippen LogP) is 4.34. The van der Waals surface area contributed by atoms with E-state index in [4.69, 9.17) is 4.42 Å². The average molecular weight is 311 g/mol. The maximum absolute atomic E-state index is 12.5. The molecule has 4 heteroatoms. The summed E-state index contributed by atoms with van der Waals surface area (Å²) >= 11 is 1.58. The molecular formula is C18H17NO2S. The van der Waals surface area contributed by atoms with Crippen LogP contribution < -0.4 is 10.7 Å². The van der Waals surface area contributed by atoms with Crippen molar-refractivity contribution in [3.05, 3.63) is 57.6 Å². The highest BCUT2D eigenvalue weighted by molar-refractivity contribution is 7.13. The Balaban J connectivity index is 1.79. The molecule has 1 unspecified atom stereocenters. The summed E-state index contributed by atoms with van der Waals surface area (Å²) in [5, 5.41) is 6.18. The van der Waals surface area contributed by atoms with Gasteiger partial charge in [0.1, 0.15) is 11.3 Å². The molecule has 112 valence electrons. The van der Waals surface area contributed by atoms with Crippen molar-refractivity contribution in [2.75, 3.05) is 6.54 Å². The normalized spacial score (nSPS) is 18.6. The first kappa shape index (κ1) is 13.7. The molecule has 1 atom stereocenters. The second kappa shape index (κ2) is 5.71. The van der Waals surface area contributed by atoms with Gasteiger partial charge in [-0.1, -0.05) is 18.6 Å². The van der Waals surface area contributed by atoms with Crippen LogP contribution in [0.25, 0.3) is 21.6 Å². The van der Waals surface area contributed by atoms with Crippen LogP contribution in [0.2, 0.25) is 0 Å². The third-order valence-corrected chi connectivity index (χ3v) is 5.11. The minimum absolute atomic E-state index is 0.0299. The smallest absolute Gasteiger partial charge is 0.193 e. The standard InChI is InChI=1S/C18H17NO2S/c20-15-11-17(18-5-3-9-22-18)21-16-7-6-12(10-13(15)16)14-4-1-2-8-19-14/h3,5-7,9-11,14,19H,1-2,4,8H2. The van der Waals surface area contributed by atoms with Crippen LogP contribution in [0.3, 0.4) is 0 Å². The molecule has 0 aliphatic carbocycles. The molecule has 2 aromatic heterocycles. The number of thiophene rings is 1. The van der Waals surface area contributed by atoms with Gasteiger partial charge in [0.05, 0.1) is 10.3 Å². The van der Waals surface area contributed by atoms with Crippen molar-refractivity contribution < 1.29 is 4.42 Å². The molecule has 3 nitrogen and oxygen atoms in total. The molecule has 1 aromatic carbocycles. The minimum atomic E-state index is 0.0299. The summed E-state index contributed by atoms with van der Waals surface area (Å²) in [6, 6.07) is 11.9. The molecule has 0 radical (unpaired) electrons. The first-order valence-corrected chi connectivity index (χ1v) is 8.54. The van der Waals surface area contributed by atoms with Crippen molar-refractivity contribution in [1.29, 1.82) is 0 Å². The molecule has 0 amide bonds. The second-order valence-electron chi connectivity index (χ2n) is 5.71. The van der Waals surface area contributed by atoms with E-state index in [0.29, 0.717) is 22.8 Å². The number of fused-ring (bicyclic) bond motifs is 1. The second-order valence-corrected chi connectivity index (χ2v) is 6.66. The van der Waals surface area contributed by atoms with Gasteiger partial charge in [-0.3, -0.25) is 4.79 Å². The highest BCUT2D eigenvalue weighted by atomic mass is 32.1. The monoisotopic (exact) mass is 311 g/mol. The van der Waals surface area contributed by atoms with Crippen LogP contribution in [-0.4, -0.2) is 6.54 Å². The predicted molar refractivity (Wildman–Crippen MR) is 90.4 cm³/mol. The topological polar surface area (TPSA) is 42.2 Å². The molecule has 1 aliphatic heterocycles. The quantitative estimate of drug-likeness (QED) is 0.765. The Morgan fingerprint density at radius 2 is 2.14 bits per heavy atom. The Labute approximate surface area is 132 Å². The average Bonchev–Trinajstić information content (AvgIpc) is 3.10. The number of hydrogen-bond donors (Lipinski definition) is 1. The molecule has 0 bridgehead atoms. The molecule has 4 rings (SSSR count). The number of piperidine rings is 1. The van der Waals surface area contributed by atoms with Gasteiger partial charge in [0.25, 0.3) is 0 Å². The van der Waals surface area contributed by atoms with Crippen molar-refractivity contribution in [3.8, 4) is 10.6 Å². The van der Waals surface area contributed by atoms with Gasteiger partial charge in [-0.2, -0.15) is 0 Å². The fourth-order valence-corrected chi connectivity index (χ4v) is 3.74. The van der Waals surface area contributed by atoms with Gasteiger partial charge >= 0.3 is 0 Å². The summed E-state index contributed by atoms with van der Waals surface area (Å²) in [4.78, 5) is 13.4. The molecule has 3 heterocycles. The fraction of sp³-hybridized carbons (Fsp3) is 0.278. The van der Waals surface area contributed by atoms with E-state index in [-0.39, 0.29) is 5.43 Å². The molecule has 0 saturated carbocycles. The summed E-state index contributed by atoms with van der Waals surface area (Å²) < 4.78 is 5.92. The third-order valence-electron chi connectivity index (χ3n) is 4.23. The van der Waals surface area contributed by atoms with E-state index in [1.54, 1.807) is 17.4 Å². The van der Waals surface area contributed by atoms with Gasteiger partial charge in [0, 0.05) is 12.1 Å². The molecule has 1 fully saturated rings. The van der Waals surface area contributed by atoms with Crippen molar-refractivity contribution in [2.45, 2.75) is 25.3 Å². The zero-order valence-corrected chi connectivity index (χ0v) is 13.0. The highest BCUT2D eigenvalue weighted by Crippen LogP contribution is 2.29. The lowest BCUT2D eigenvalue weighted by Crippen LogP contribution is -2.26. The summed E-state index contributed by atoms with van der Waals surface area (Å²) in [6.07, 6.45) is 3.60. The molecule has 1 saturated heterocycles. The van der Waals surface area contributed by atoms with Crippen molar-refractivity contribution in [1.82, 2.24) is 5.32 Å². The lowest BCUT2D eigenvalue weighted by atomic mass is 9.96. The van der Waals surface area contributed by atoms with Crippen LogP contribution in [0.1, 0.15) is 30.9 Å². The van der Waals surface area contributed by atoms with Crippen molar-refractivity contribution in [3.63, 3.8) is 0 Å². The summed E-state index contributed by atoms with van der Waals surface area (Å²) in [5.74, 6) is 0.649. The summed E-state index contributed by atoms with van der Waals surface area (Å²) in [5.41, 5.74) is 1.88. The SMILES string of the molecule is O=c1cc(-c2cccs2)oc2ccc(C3CCCCN3)cc12. The van der Waals surface area contributed by atoms with E-state index in [2.05, 4.69) is 11.4 Å². The highest BCUT2D eigenvalue weighted by Gasteiger charge is 2.16. The number of rotatable bonds is 2. The van der Waals surface area contributed by atoms with Crippen LogP contribution in [0.4, 0.5) is 0 Å². The van der Waals surface area contributed by atoms with Crippen LogP contribution in [0.5, 0.6) is 0 Å². The maximum Gasteiger partial charge on any atom is 0.193 e. The van der Waals surface area contributed by atoms with Gasteiger partial charge < -0.3 is 9.73 Å². The molecule has 22 heavy (non-hydrogen) atoms. The van der Waals surface area contributed by atoms with E-state index in [0.717, 1.165) is 17.8 Å². The largest absolute Gasteiger partial charge is 0.455 e. The Morgan fingerprint density at radius 3 is 2.91 bits per heavy atom. The third kappa shape index (κ3) is 2.49. The molecular weight excluding hydrogens is 294 g/mol. The van der Waals surface area contributed by atoms with Gasteiger partial charge in [-0.05, 0) is 48.5 Å². The zero-order valence-electron chi connectivity index (χ0n) is 12.2. The van der Waals surface area contributed by atoms with E-state index >= 15 is 0 Å². The molecule has 0 spiro atoms. The lowest BCUT2D eigenvalue weighted by Gasteiger charge is -2.23. The minimum Gasteiger partial charge on any atom is -0.455 e. The van der Waals surface area contributed by atoms with Crippen molar-refractivity contribution >= 4 is 22.3 Å². The Morgan fingerprint density at radius 1 is 1.18 bits per heavy atom. The Hall–Kier alpha value is -1.91. The van der Waals surface area contributed by atoms with Gasteiger partial charge in [-0.25, -0.2) is 0 Å².